The predicted octanol–water partition coefficient (Wildman–Crippen LogP) is 0.698. The molecule has 0 fully saturated rings. The highest BCUT2D eigenvalue weighted by molar-refractivity contribution is 5.96. The molecule has 0 unspecified atom stereocenters. The zero-order chi connectivity index (χ0) is 15.0. The number of nitrogens with one attached hydrogen (secondary N) is 2. The van der Waals surface area contributed by atoms with Gasteiger partial charge in [-0.15, -0.1) is 0 Å². The number of benzene rings is 1. The van der Waals surface area contributed by atoms with Gasteiger partial charge in [-0.2, -0.15) is 0 Å². The number of urea groups is 1. The summed E-state index contributed by atoms with van der Waals surface area (Å²) in [7, 11) is 1.37. The first-order valence-corrected chi connectivity index (χ1v) is 5.98. The number of amides is 3. The van der Waals surface area contributed by atoms with Crippen LogP contribution in [0.25, 0.3) is 0 Å². The van der Waals surface area contributed by atoms with Gasteiger partial charge in [-0.25, -0.2) is 9.59 Å². The van der Waals surface area contributed by atoms with Gasteiger partial charge in [-0.05, 0) is 31.2 Å². The van der Waals surface area contributed by atoms with Crippen molar-refractivity contribution < 1.29 is 23.9 Å². The Hall–Kier alpha value is -2.57. The van der Waals surface area contributed by atoms with E-state index in [4.69, 9.17) is 9.47 Å². The largest absolute Gasteiger partial charge is 0.494 e. The molecule has 0 radical (unpaired) electrons. The van der Waals surface area contributed by atoms with Gasteiger partial charge in [-0.3, -0.25) is 10.1 Å². The van der Waals surface area contributed by atoms with Gasteiger partial charge in [-0.1, -0.05) is 0 Å². The number of ether oxygens (including phenoxy) is 2. The van der Waals surface area contributed by atoms with Crippen molar-refractivity contribution >= 4 is 17.9 Å². The molecule has 0 aromatic heterocycles. The van der Waals surface area contributed by atoms with Crippen molar-refractivity contribution in [1.29, 1.82) is 0 Å². The quantitative estimate of drug-likeness (QED) is 0.774. The van der Waals surface area contributed by atoms with Crippen LogP contribution in [0.3, 0.4) is 0 Å². The van der Waals surface area contributed by atoms with Crippen LogP contribution in [-0.2, 0) is 9.53 Å². The first-order chi connectivity index (χ1) is 9.56. The van der Waals surface area contributed by atoms with Crippen LogP contribution in [0.1, 0.15) is 17.3 Å². The van der Waals surface area contributed by atoms with Crippen LogP contribution in [0.15, 0.2) is 24.3 Å². The Morgan fingerprint density at radius 3 is 2.35 bits per heavy atom. The zero-order valence-corrected chi connectivity index (χ0v) is 11.3. The highest BCUT2D eigenvalue weighted by Gasteiger charge is 2.11. The SMILES string of the molecule is CCOc1ccc(C(=O)OCC(=O)NC(=O)NC)cc1. The number of imide groups is 1. The molecule has 1 aromatic carbocycles. The van der Waals surface area contributed by atoms with E-state index in [9.17, 15) is 14.4 Å². The van der Waals surface area contributed by atoms with Crippen LogP contribution in [0.2, 0.25) is 0 Å². The minimum atomic E-state index is -0.705. The molecule has 1 rings (SSSR count). The van der Waals surface area contributed by atoms with Crippen LogP contribution in [0.5, 0.6) is 5.75 Å². The molecule has 1 aromatic rings. The third kappa shape index (κ3) is 4.97. The second-order valence-corrected chi connectivity index (χ2v) is 3.66. The van der Waals surface area contributed by atoms with Gasteiger partial charge in [0.1, 0.15) is 5.75 Å². The Labute approximate surface area is 116 Å². The molecule has 0 bridgehead atoms. The molecular weight excluding hydrogens is 264 g/mol. The number of rotatable bonds is 5. The van der Waals surface area contributed by atoms with Gasteiger partial charge in [0.25, 0.3) is 5.91 Å². The minimum absolute atomic E-state index is 0.293. The molecule has 0 aliphatic carbocycles. The van der Waals surface area contributed by atoms with E-state index in [2.05, 4.69) is 5.32 Å². The van der Waals surface area contributed by atoms with E-state index in [1.165, 1.54) is 19.2 Å². The third-order valence-corrected chi connectivity index (χ3v) is 2.22. The fourth-order valence-corrected chi connectivity index (χ4v) is 1.29. The summed E-state index contributed by atoms with van der Waals surface area (Å²) in [6, 6.07) is 5.66. The lowest BCUT2D eigenvalue weighted by atomic mass is 10.2. The summed E-state index contributed by atoms with van der Waals surface area (Å²) in [5.74, 6) is -0.717. The van der Waals surface area contributed by atoms with Crippen molar-refractivity contribution in [3.05, 3.63) is 29.8 Å². The molecule has 0 aliphatic rings. The minimum Gasteiger partial charge on any atom is -0.494 e. The van der Waals surface area contributed by atoms with Crippen LogP contribution in [0, 0.1) is 0 Å². The second kappa shape index (κ2) is 7.78. The molecule has 7 heteroatoms. The first kappa shape index (κ1) is 15.5. The van der Waals surface area contributed by atoms with Crippen LogP contribution < -0.4 is 15.4 Å². The average Bonchev–Trinajstić information content (AvgIpc) is 2.45. The van der Waals surface area contributed by atoms with Gasteiger partial charge in [0, 0.05) is 7.05 Å². The topological polar surface area (TPSA) is 93.7 Å². The second-order valence-electron chi connectivity index (χ2n) is 3.66. The lowest BCUT2D eigenvalue weighted by molar-refractivity contribution is -0.123. The molecule has 3 amide bonds. The molecule has 20 heavy (non-hydrogen) atoms. The van der Waals surface area contributed by atoms with Crippen LogP contribution in [0.4, 0.5) is 4.79 Å². The average molecular weight is 280 g/mol. The zero-order valence-electron chi connectivity index (χ0n) is 11.3. The Bertz CT molecular complexity index is 484. The van der Waals surface area contributed by atoms with Gasteiger partial charge < -0.3 is 14.8 Å². The normalized spacial score (nSPS) is 9.50. The standard InChI is InChI=1S/C13H16N2O5/c1-3-19-10-6-4-9(5-7-10)12(17)20-8-11(16)15-13(18)14-2/h4-7H,3,8H2,1-2H3,(H2,14,15,16,18). The summed E-state index contributed by atoms with van der Waals surface area (Å²) in [6.07, 6.45) is 0. The van der Waals surface area contributed by atoms with Crippen molar-refractivity contribution in [3.63, 3.8) is 0 Å². The highest BCUT2D eigenvalue weighted by atomic mass is 16.5. The first-order valence-electron chi connectivity index (χ1n) is 5.98. The maximum atomic E-state index is 11.6. The van der Waals surface area contributed by atoms with Gasteiger partial charge >= 0.3 is 12.0 Å². The van der Waals surface area contributed by atoms with E-state index >= 15 is 0 Å². The number of hydrogen-bond donors (Lipinski definition) is 2. The summed E-state index contributed by atoms with van der Waals surface area (Å²) in [5.41, 5.74) is 0.293. The smallest absolute Gasteiger partial charge is 0.338 e. The summed E-state index contributed by atoms with van der Waals surface area (Å²) in [4.78, 5) is 33.7. The molecule has 0 saturated heterocycles. The fourth-order valence-electron chi connectivity index (χ4n) is 1.29. The van der Waals surface area contributed by atoms with Gasteiger partial charge in [0.2, 0.25) is 0 Å². The fraction of sp³-hybridized carbons (Fsp3) is 0.308. The Kier molecular flexibility index (Phi) is 6.02. The predicted molar refractivity (Wildman–Crippen MR) is 70.5 cm³/mol. The maximum absolute atomic E-state index is 11.6. The number of carbonyl (C=O) groups excluding carboxylic acids is 3. The van der Waals surface area contributed by atoms with E-state index in [1.807, 2.05) is 12.2 Å². The maximum Gasteiger partial charge on any atom is 0.338 e. The summed E-state index contributed by atoms with van der Waals surface area (Å²) >= 11 is 0. The monoisotopic (exact) mass is 280 g/mol. The number of carbonyl (C=O) groups is 3. The summed E-state index contributed by atoms with van der Waals surface area (Å²) < 4.78 is 10.00. The molecule has 7 nitrogen and oxygen atoms in total. The lowest BCUT2D eigenvalue weighted by Gasteiger charge is -2.06. The van der Waals surface area contributed by atoms with Crippen LogP contribution >= 0.6 is 0 Å². The van der Waals surface area contributed by atoms with Gasteiger partial charge in [0.05, 0.1) is 12.2 Å². The molecule has 0 spiro atoms. The molecule has 108 valence electrons. The lowest BCUT2D eigenvalue weighted by Crippen LogP contribution is -2.39. The highest BCUT2D eigenvalue weighted by Crippen LogP contribution is 2.12. The molecule has 2 N–H and O–H groups in total. The Morgan fingerprint density at radius 1 is 1.15 bits per heavy atom. The van der Waals surface area contributed by atoms with E-state index in [0.29, 0.717) is 17.9 Å². The van der Waals surface area contributed by atoms with Crippen molar-refractivity contribution in [3.8, 4) is 5.75 Å². The molecule has 0 heterocycles. The molecule has 0 atom stereocenters. The van der Waals surface area contributed by atoms with Gasteiger partial charge in [0.15, 0.2) is 6.61 Å². The summed E-state index contributed by atoms with van der Waals surface area (Å²) in [6.45, 7) is 1.86. The molecule has 0 aliphatic heterocycles. The molecule has 0 saturated carbocycles. The van der Waals surface area contributed by atoms with E-state index < -0.39 is 24.5 Å². The van der Waals surface area contributed by atoms with Crippen molar-refractivity contribution in [2.75, 3.05) is 20.3 Å². The van der Waals surface area contributed by atoms with Crippen LogP contribution in [-0.4, -0.2) is 38.2 Å². The Balaban J connectivity index is 2.46. The third-order valence-electron chi connectivity index (χ3n) is 2.22. The summed E-state index contributed by atoms with van der Waals surface area (Å²) in [5, 5.41) is 4.18. The number of esters is 1. The van der Waals surface area contributed by atoms with Crippen molar-refractivity contribution in [1.82, 2.24) is 10.6 Å². The number of hydrogen-bond acceptors (Lipinski definition) is 5. The van der Waals surface area contributed by atoms with E-state index in [0.717, 1.165) is 0 Å². The van der Waals surface area contributed by atoms with E-state index in [-0.39, 0.29) is 0 Å². The molecular formula is C13H16N2O5. The van der Waals surface area contributed by atoms with Crippen molar-refractivity contribution in [2.45, 2.75) is 6.92 Å². The van der Waals surface area contributed by atoms with E-state index in [1.54, 1.807) is 12.1 Å². The Morgan fingerprint density at radius 2 is 1.80 bits per heavy atom. The van der Waals surface area contributed by atoms with Crippen molar-refractivity contribution in [2.24, 2.45) is 0 Å².